The minimum absolute atomic E-state index is 0.676. The Morgan fingerprint density at radius 2 is 0.945 bits per heavy atom. The predicted octanol–water partition coefficient (Wildman–Crippen LogP) is 13.5. The molecule has 0 unspecified atom stereocenters. The van der Waals surface area contributed by atoms with Gasteiger partial charge in [0.15, 0.2) is 0 Å². The molecule has 0 aliphatic carbocycles. The monoisotopic (exact) mass is 718 g/mol. The molecule has 0 saturated heterocycles. The lowest BCUT2D eigenvalue weighted by atomic mass is 9.98. The zero-order chi connectivity index (χ0) is 36.0. The molecule has 0 atom stereocenters. The van der Waals surface area contributed by atoms with E-state index in [0.717, 1.165) is 38.2 Å². The van der Waals surface area contributed by atoms with E-state index in [-0.39, 0.29) is 0 Å². The fourth-order valence-electron chi connectivity index (χ4n) is 8.75. The van der Waals surface area contributed by atoms with Gasteiger partial charge in [0.25, 0.3) is 0 Å². The minimum Gasteiger partial charge on any atom is -0.309 e. The first-order valence-electron chi connectivity index (χ1n) is 18.6. The fraction of sp³-hybridized carbons (Fsp3) is 0. The molecule has 0 bridgehead atoms. The van der Waals surface area contributed by atoms with Gasteiger partial charge in [0.1, 0.15) is 0 Å². The summed E-state index contributed by atoms with van der Waals surface area (Å²) in [4.78, 5) is 10.5. The molecule has 0 spiro atoms. The summed E-state index contributed by atoms with van der Waals surface area (Å²) in [6, 6.07) is 63.5. The normalized spacial score (nSPS) is 12.0. The van der Waals surface area contributed by atoms with E-state index in [1.165, 1.54) is 65.3 Å². The molecule has 0 saturated carbocycles. The van der Waals surface area contributed by atoms with E-state index >= 15 is 0 Å². The van der Waals surface area contributed by atoms with Crippen molar-refractivity contribution in [3.63, 3.8) is 0 Å². The maximum Gasteiger partial charge on any atom is 0.235 e. The van der Waals surface area contributed by atoms with Gasteiger partial charge < -0.3 is 4.57 Å². The quantitative estimate of drug-likeness (QED) is 0.182. The molecular formula is C50H30N4S. The number of hydrogen-bond donors (Lipinski definition) is 0. The molecule has 55 heavy (non-hydrogen) atoms. The van der Waals surface area contributed by atoms with Crippen LogP contribution in [-0.2, 0) is 0 Å². The summed E-state index contributed by atoms with van der Waals surface area (Å²) in [5, 5.41) is 11.9. The summed E-state index contributed by atoms with van der Waals surface area (Å²) in [5.41, 5.74) is 11.1. The lowest BCUT2D eigenvalue weighted by molar-refractivity contribution is 1.02. The second-order valence-electron chi connectivity index (χ2n) is 14.2. The van der Waals surface area contributed by atoms with Gasteiger partial charge >= 0.3 is 0 Å². The molecule has 256 valence electrons. The molecule has 4 heterocycles. The van der Waals surface area contributed by atoms with Gasteiger partial charge in [-0.2, -0.15) is 0 Å². The lowest BCUT2D eigenvalue weighted by Gasteiger charge is -2.10. The summed E-state index contributed by atoms with van der Waals surface area (Å²) in [6.07, 6.45) is 0. The molecule has 0 radical (unpaired) electrons. The van der Waals surface area contributed by atoms with E-state index in [1.807, 2.05) is 6.07 Å². The van der Waals surface area contributed by atoms with Crippen molar-refractivity contribution in [1.29, 1.82) is 0 Å². The number of para-hydroxylation sites is 1. The average Bonchev–Trinajstić information content (AvgIpc) is 3.96. The highest BCUT2D eigenvalue weighted by Gasteiger charge is 2.21. The highest BCUT2D eigenvalue weighted by Crippen LogP contribution is 2.42. The topological polar surface area (TPSA) is 35.6 Å². The summed E-state index contributed by atoms with van der Waals surface area (Å²) >= 11 is 1.69. The van der Waals surface area contributed by atoms with E-state index in [4.69, 9.17) is 9.97 Å². The second kappa shape index (κ2) is 11.7. The van der Waals surface area contributed by atoms with Crippen LogP contribution in [0.25, 0.3) is 109 Å². The van der Waals surface area contributed by atoms with Gasteiger partial charge in [0.2, 0.25) is 5.95 Å². The number of benzene rings is 8. The van der Waals surface area contributed by atoms with Crippen molar-refractivity contribution < 1.29 is 0 Å². The molecule has 0 N–H and O–H groups in total. The van der Waals surface area contributed by atoms with Gasteiger partial charge in [0, 0.05) is 32.8 Å². The number of nitrogens with zero attached hydrogens (tertiary/aromatic N) is 4. The largest absolute Gasteiger partial charge is 0.309 e. The minimum atomic E-state index is 0.676. The first kappa shape index (κ1) is 30.4. The van der Waals surface area contributed by atoms with Crippen molar-refractivity contribution in [2.24, 2.45) is 0 Å². The average molecular weight is 719 g/mol. The Labute approximate surface area is 319 Å². The van der Waals surface area contributed by atoms with Gasteiger partial charge in [-0.05, 0) is 92.6 Å². The van der Waals surface area contributed by atoms with Gasteiger partial charge in [-0.15, -0.1) is 11.3 Å². The van der Waals surface area contributed by atoms with Crippen LogP contribution in [0, 0.1) is 0 Å². The molecule has 12 aromatic rings. The van der Waals surface area contributed by atoms with Crippen molar-refractivity contribution in [3.8, 4) is 34.0 Å². The van der Waals surface area contributed by atoms with Crippen LogP contribution < -0.4 is 0 Å². The predicted molar refractivity (Wildman–Crippen MR) is 232 cm³/mol. The third-order valence-electron chi connectivity index (χ3n) is 11.2. The number of aromatic nitrogens is 4. The summed E-state index contributed by atoms with van der Waals surface area (Å²) in [7, 11) is 0. The number of hydrogen-bond acceptors (Lipinski definition) is 3. The Kier molecular flexibility index (Phi) is 6.47. The van der Waals surface area contributed by atoms with Gasteiger partial charge in [-0.25, -0.2) is 9.97 Å². The van der Waals surface area contributed by atoms with Crippen LogP contribution in [0.3, 0.4) is 0 Å². The van der Waals surface area contributed by atoms with Crippen LogP contribution in [0.2, 0.25) is 0 Å². The zero-order valence-electron chi connectivity index (χ0n) is 29.5. The molecular weight excluding hydrogens is 689 g/mol. The Bertz CT molecular complexity index is 3480. The van der Waals surface area contributed by atoms with E-state index in [0.29, 0.717) is 5.95 Å². The van der Waals surface area contributed by atoms with Crippen molar-refractivity contribution >= 4 is 86.7 Å². The Balaban J connectivity index is 1.13. The molecule has 8 aromatic carbocycles. The smallest absolute Gasteiger partial charge is 0.235 e. The number of rotatable bonds is 4. The van der Waals surface area contributed by atoms with Crippen LogP contribution in [0.4, 0.5) is 0 Å². The third-order valence-corrected chi connectivity index (χ3v) is 12.1. The highest BCUT2D eigenvalue weighted by molar-refractivity contribution is 7.17. The first-order valence-corrected chi connectivity index (χ1v) is 19.5. The Morgan fingerprint density at radius 1 is 0.400 bits per heavy atom. The molecule has 12 rings (SSSR count). The van der Waals surface area contributed by atoms with Crippen molar-refractivity contribution in [2.75, 3.05) is 0 Å². The highest BCUT2D eigenvalue weighted by atomic mass is 32.1. The van der Waals surface area contributed by atoms with Gasteiger partial charge in [-0.1, -0.05) is 121 Å². The Morgan fingerprint density at radius 3 is 1.60 bits per heavy atom. The van der Waals surface area contributed by atoms with Crippen LogP contribution in [0.1, 0.15) is 0 Å². The summed E-state index contributed by atoms with van der Waals surface area (Å²) in [5.74, 6) is 0.676. The van der Waals surface area contributed by atoms with Crippen LogP contribution >= 0.6 is 11.3 Å². The van der Waals surface area contributed by atoms with Crippen molar-refractivity contribution in [1.82, 2.24) is 19.1 Å². The summed E-state index contributed by atoms with van der Waals surface area (Å²) < 4.78 is 5.76. The Hall–Kier alpha value is -7.08. The maximum atomic E-state index is 5.32. The van der Waals surface area contributed by atoms with Gasteiger partial charge in [-0.3, -0.25) is 4.57 Å². The van der Waals surface area contributed by atoms with E-state index in [2.05, 4.69) is 184 Å². The molecule has 0 amide bonds. The van der Waals surface area contributed by atoms with Crippen molar-refractivity contribution in [2.45, 2.75) is 0 Å². The van der Waals surface area contributed by atoms with E-state index in [1.54, 1.807) is 11.3 Å². The third kappa shape index (κ3) is 4.51. The maximum absolute atomic E-state index is 5.32. The number of fused-ring (bicyclic) bond motifs is 11. The molecule has 4 aromatic heterocycles. The zero-order valence-corrected chi connectivity index (χ0v) is 30.3. The molecule has 0 fully saturated rings. The molecule has 0 aliphatic rings. The number of thiophene rings is 1. The van der Waals surface area contributed by atoms with E-state index in [9.17, 15) is 0 Å². The van der Waals surface area contributed by atoms with Crippen LogP contribution in [0.15, 0.2) is 181 Å². The van der Waals surface area contributed by atoms with Gasteiger partial charge in [0.05, 0.1) is 38.0 Å². The van der Waals surface area contributed by atoms with E-state index < -0.39 is 0 Å². The van der Waals surface area contributed by atoms with Crippen LogP contribution in [0.5, 0.6) is 0 Å². The molecule has 0 aliphatic heterocycles. The van der Waals surface area contributed by atoms with Crippen LogP contribution in [-0.4, -0.2) is 19.1 Å². The fourth-order valence-corrected chi connectivity index (χ4v) is 9.60. The molecule has 4 nitrogen and oxygen atoms in total. The lowest BCUT2D eigenvalue weighted by Crippen LogP contribution is -2.02. The van der Waals surface area contributed by atoms with Crippen molar-refractivity contribution in [3.05, 3.63) is 181 Å². The SMILES string of the molecule is c1ccc(-c2nc(-n3c4ccc(-c5ccc6c(c5)c5c7ccccc7ccc5n6-c5ccccc5)cc4c4c5ccccc5ccc43)nc3ccsc23)cc1. The second-order valence-corrected chi connectivity index (χ2v) is 15.1. The summed E-state index contributed by atoms with van der Waals surface area (Å²) in [6.45, 7) is 0. The molecule has 5 heteroatoms. The first-order chi connectivity index (χ1) is 27.3. The standard InChI is InChI=1S/C50H30N4S/c1-3-13-33(14-4-1)48-49-41(27-28-55-49)51-50(52-48)54-43-24-22-35(30-40(43)47-38-18-10-8-12-32(38)20-26-45(47)54)34-21-23-42-39(29-34)46-37-17-9-7-11-31(37)19-25-44(46)53(42)36-15-5-2-6-16-36/h1-30H.